The molecule has 0 bridgehead atoms. The van der Waals surface area contributed by atoms with Crippen molar-refractivity contribution < 1.29 is 23.9 Å². The first-order chi connectivity index (χ1) is 3.27. The third kappa shape index (κ3) is 24.5. The molecule has 0 amide bonds. The molecule has 0 aromatic rings. The molecule has 0 heterocycles. The Morgan fingerprint density at radius 2 is 1.50 bits per heavy atom. The number of hydrogen-bond donors (Lipinski definition) is 2. The summed E-state index contributed by atoms with van der Waals surface area (Å²) in [4.78, 5) is 17.9. The fourth-order valence-corrected chi connectivity index (χ4v) is 0. The van der Waals surface area contributed by atoms with Gasteiger partial charge < -0.3 is 13.9 Å². The van der Waals surface area contributed by atoms with Crippen LogP contribution in [0, 0.1) is 0 Å². The Kier molecular flexibility index (Phi) is 33.1. The van der Waals surface area contributed by atoms with E-state index in [0.717, 1.165) is 0 Å². The Bertz CT molecular complexity index is 26.4. The van der Waals surface area contributed by atoms with Crippen LogP contribution in [-0.4, -0.2) is 63.8 Å². The minimum Gasteiger partial charge on any atom is -0.818 e. The molecule has 0 rings (SSSR count). The molecule has 0 aromatic carbocycles. The molecule has 2 N–H and O–H groups in total. The monoisotopic (exact) mass is 180 g/mol. The minimum absolute atomic E-state index is 0. The maximum Gasteiger partial charge on any atom is 2.00 e. The van der Waals surface area contributed by atoms with Crippen molar-refractivity contribution in [2.45, 2.75) is 0 Å². The van der Waals surface area contributed by atoms with Crippen LogP contribution in [0.3, 0.4) is 0 Å². The van der Waals surface area contributed by atoms with E-state index in [-0.39, 0.29) is 37.7 Å². The van der Waals surface area contributed by atoms with Gasteiger partial charge in [0.1, 0.15) is 0 Å². The standard InChI is InChI=1S/Al.Ca.HO4P.H2O/c;;1-4-5(2)3;/h;;1H;1H2/q+1;+2;-2;/p-1. The molecule has 8 heavy (non-hydrogen) atoms. The molecule has 0 aromatic heterocycles. The van der Waals surface area contributed by atoms with E-state index in [1.54, 1.807) is 0 Å². The fraction of sp³-hybridized carbons (Fsp3) is 0. The quantitative estimate of drug-likeness (QED) is 0.195. The molecule has 0 aliphatic rings. The molecule has 0 saturated heterocycles. The molecule has 8 heteroatoms. The Morgan fingerprint density at radius 1 is 1.38 bits per heavy atom. The van der Waals surface area contributed by atoms with Crippen LogP contribution in [0.2, 0.25) is 0 Å². The van der Waals surface area contributed by atoms with Crippen molar-refractivity contribution in [1.82, 2.24) is 0 Å². The Balaban J connectivity index is -0.0000000750. The van der Waals surface area contributed by atoms with E-state index in [2.05, 4.69) is 4.67 Å². The molecule has 0 aliphatic carbocycles. The van der Waals surface area contributed by atoms with Crippen molar-refractivity contribution in [2.75, 3.05) is 0 Å². The molecule has 5 nitrogen and oxygen atoms in total. The smallest absolute Gasteiger partial charge is 0.818 e. The van der Waals surface area contributed by atoms with Gasteiger partial charge in [-0.05, 0) is 0 Å². The SMILES string of the molecule is [Ca+2].[O-]P([O-])OO.[OH][Al]. The summed E-state index contributed by atoms with van der Waals surface area (Å²) in [5.74, 6) is 0. The maximum atomic E-state index is 8.93. The number of hydrogen-bond acceptors (Lipinski definition) is 5. The maximum absolute atomic E-state index is 8.93. The summed E-state index contributed by atoms with van der Waals surface area (Å²) in [6.45, 7) is 0. The zero-order valence-electron chi connectivity index (χ0n) is 3.85. The van der Waals surface area contributed by atoms with E-state index in [9.17, 15) is 0 Å². The molecule has 42 valence electrons. The van der Waals surface area contributed by atoms with Gasteiger partial charge in [0, 0.05) is 0 Å². The van der Waals surface area contributed by atoms with E-state index >= 15 is 0 Å². The predicted molar refractivity (Wildman–Crippen MR) is 24.4 cm³/mol. The second-order valence-corrected chi connectivity index (χ2v) is 0.916. The van der Waals surface area contributed by atoms with Gasteiger partial charge in [-0.15, -0.1) is 8.60 Å². The Labute approximate surface area is 86.0 Å². The van der Waals surface area contributed by atoms with Gasteiger partial charge in [-0.2, -0.15) is 0 Å². The molecule has 0 unspecified atom stereocenters. The first-order valence-corrected chi connectivity index (χ1v) is 2.60. The van der Waals surface area contributed by atoms with Crippen LogP contribution in [0.4, 0.5) is 0 Å². The van der Waals surface area contributed by atoms with Crippen LogP contribution < -0.4 is 9.79 Å². The van der Waals surface area contributed by atoms with Crippen molar-refractivity contribution in [3.63, 3.8) is 0 Å². The summed E-state index contributed by atoms with van der Waals surface area (Å²) in [5, 5.41) is 7.05. The average molecular weight is 180 g/mol. The van der Waals surface area contributed by atoms with Crippen LogP contribution in [0.25, 0.3) is 0 Å². The predicted octanol–water partition coefficient (Wildman–Crippen LogP) is -2.90. The molecular formula is H2AlCaO5P. The molecule has 0 spiro atoms. The van der Waals surface area contributed by atoms with Gasteiger partial charge in [0.05, 0.1) is 0 Å². The molecule has 0 aliphatic heterocycles. The third-order valence-electron chi connectivity index (χ3n) is 0.0667. The van der Waals surface area contributed by atoms with Gasteiger partial charge in [-0.25, -0.2) is 0 Å². The van der Waals surface area contributed by atoms with Crippen LogP contribution in [-0.2, 0) is 4.67 Å². The summed E-state index contributed by atoms with van der Waals surface area (Å²) in [6.07, 6.45) is 0. The summed E-state index contributed by atoms with van der Waals surface area (Å²) in [7, 11) is -3.04. The molecular weight excluding hydrogens is 178 g/mol. The van der Waals surface area contributed by atoms with Crippen molar-refractivity contribution in [1.29, 1.82) is 0 Å². The van der Waals surface area contributed by atoms with Gasteiger partial charge >= 0.3 is 54.4 Å². The average Bonchev–Trinajstić information content (AvgIpc) is 1.73. The minimum atomic E-state index is -3.04. The molecule has 0 atom stereocenters. The van der Waals surface area contributed by atoms with Crippen LogP contribution in [0.15, 0.2) is 0 Å². The Hall–Kier alpha value is 2.02. The normalized spacial score (nSPS) is 6.62. The summed E-state index contributed by atoms with van der Waals surface area (Å²) >= 11 is 1.42. The first-order valence-electron chi connectivity index (χ1n) is 0.988. The van der Waals surface area contributed by atoms with E-state index in [1.165, 1.54) is 16.6 Å². The Morgan fingerprint density at radius 3 is 1.50 bits per heavy atom. The van der Waals surface area contributed by atoms with Crippen molar-refractivity contribution in [3.05, 3.63) is 0 Å². The van der Waals surface area contributed by atoms with E-state index in [1.807, 2.05) is 0 Å². The first kappa shape index (κ1) is 16.5. The van der Waals surface area contributed by atoms with Gasteiger partial charge in [-0.1, -0.05) is 0 Å². The third-order valence-corrected chi connectivity index (χ3v) is 0.200. The van der Waals surface area contributed by atoms with Gasteiger partial charge in [0.2, 0.25) is 0 Å². The summed E-state index contributed by atoms with van der Waals surface area (Å²) in [5.41, 5.74) is 0. The zero-order chi connectivity index (χ0) is 6.28. The van der Waals surface area contributed by atoms with Gasteiger partial charge in [0.15, 0.2) is 0 Å². The fourth-order valence-electron chi connectivity index (χ4n) is 0. The zero-order valence-corrected chi connectivity index (χ0v) is 8.11. The van der Waals surface area contributed by atoms with Crippen molar-refractivity contribution >= 4 is 63.0 Å². The van der Waals surface area contributed by atoms with Crippen molar-refractivity contribution in [3.8, 4) is 0 Å². The second-order valence-electron chi connectivity index (χ2n) is 0.305. The van der Waals surface area contributed by atoms with Gasteiger partial charge in [0.25, 0.3) is 0 Å². The number of rotatable bonds is 1. The summed E-state index contributed by atoms with van der Waals surface area (Å²) in [6, 6.07) is 0. The van der Waals surface area contributed by atoms with E-state index in [4.69, 9.17) is 19.2 Å². The van der Waals surface area contributed by atoms with E-state index in [0.29, 0.717) is 0 Å². The van der Waals surface area contributed by atoms with Crippen LogP contribution in [0.1, 0.15) is 0 Å². The molecule has 0 saturated carbocycles. The van der Waals surface area contributed by atoms with Gasteiger partial charge in [-0.3, -0.25) is 9.93 Å². The summed E-state index contributed by atoms with van der Waals surface area (Å²) < 4.78 is 9.62. The van der Waals surface area contributed by atoms with Crippen LogP contribution in [0.5, 0.6) is 0 Å². The topological polar surface area (TPSA) is 95.8 Å². The largest absolute Gasteiger partial charge is 2.00 e. The second kappa shape index (κ2) is 16.0. The van der Waals surface area contributed by atoms with E-state index < -0.39 is 8.60 Å². The molecule has 0 fully saturated rings. The van der Waals surface area contributed by atoms with Crippen LogP contribution >= 0.6 is 8.60 Å². The van der Waals surface area contributed by atoms with Crippen molar-refractivity contribution in [2.24, 2.45) is 0 Å². The molecule has 2 radical (unpaired) electrons.